The molecule has 0 saturated carbocycles. The van der Waals surface area contributed by atoms with Crippen LogP contribution in [0.5, 0.6) is 11.5 Å². The summed E-state index contributed by atoms with van der Waals surface area (Å²) in [6.07, 6.45) is 11.8. The normalized spacial score (nSPS) is 18.1. The highest BCUT2D eigenvalue weighted by atomic mass is 16.5. The van der Waals surface area contributed by atoms with Crippen molar-refractivity contribution in [3.63, 3.8) is 0 Å². The maximum Gasteiger partial charge on any atom is 0.205 e. The molecule has 0 aromatic heterocycles. The van der Waals surface area contributed by atoms with E-state index in [-0.39, 0.29) is 11.8 Å². The highest BCUT2D eigenvalue weighted by Gasteiger charge is 2.35. The van der Waals surface area contributed by atoms with Gasteiger partial charge in [0.1, 0.15) is 28.9 Å². The first kappa shape index (κ1) is 27.4. The molecule has 2 N–H and O–H groups in total. The third-order valence-electron chi connectivity index (χ3n) is 7.18. The standard InChI is InChI=1S/C33H40N2O3/c1-3-5-7-20-36-27-16-12-24(13-17-27)22-26-10-9-11-29-31(30(23-34)33(35)38-32(26)29)25-14-18-28(19-15-25)37-21-8-6-4-2/h12-19,22,31H,3-11,20-21,35H2,1-2H3/b26-22+/t31-/m1/s1. The molecule has 0 bridgehead atoms. The zero-order valence-electron chi connectivity index (χ0n) is 22.8. The summed E-state index contributed by atoms with van der Waals surface area (Å²) in [5.74, 6) is 2.55. The van der Waals surface area contributed by atoms with Crippen LogP contribution in [0.15, 0.2) is 76.9 Å². The predicted molar refractivity (Wildman–Crippen MR) is 152 cm³/mol. The Morgan fingerprint density at radius 3 is 2.08 bits per heavy atom. The van der Waals surface area contributed by atoms with Gasteiger partial charge >= 0.3 is 0 Å². The number of nitrogens with zero attached hydrogens (tertiary/aromatic N) is 1. The topological polar surface area (TPSA) is 77.5 Å². The summed E-state index contributed by atoms with van der Waals surface area (Å²) in [4.78, 5) is 0. The zero-order chi connectivity index (χ0) is 26.7. The fraction of sp³-hybridized carbons (Fsp3) is 0.424. The first-order chi connectivity index (χ1) is 18.6. The Hall–Kier alpha value is -3.65. The minimum absolute atomic E-state index is 0.194. The number of unbranched alkanes of at least 4 members (excludes halogenated alkanes) is 4. The molecule has 1 aliphatic heterocycles. The Morgan fingerprint density at radius 1 is 0.895 bits per heavy atom. The van der Waals surface area contributed by atoms with E-state index in [1.54, 1.807) is 0 Å². The van der Waals surface area contributed by atoms with Crippen molar-refractivity contribution in [3.05, 3.63) is 88.0 Å². The molecular formula is C33H40N2O3. The molecule has 200 valence electrons. The molecule has 1 atom stereocenters. The third-order valence-corrected chi connectivity index (χ3v) is 7.18. The lowest BCUT2D eigenvalue weighted by molar-refractivity contribution is 0.277. The van der Waals surface area contributed by atoms with E-state index >= 15 is 0 Å². The zero-order valence-corrected chi connectivity index (χ0v) is 22.8. The van der Waals surface area contributed by atoms with E-state index in [2.05, 4.69) is 50.3 Å². The molecule has 2 aliphatic rings. The summed E-state index contributed by atoms with van der Waals surface area (Å²) in [7, 11) is 0. The van der Waals surface area contributed by atoms with Gasteiger partial charge in [-0.1, -0.05) is 63.8 Å². The molecule has 0 amide bonds. The molecule has 0 unspecified atom stereocenters. The molecule has 38 heavy (non-hydrogen) atoms. The highest BCUT2D eigenvalue weighted by Crippen LogP contribution is 2.47. The lowest BCUT2D eigenvalue weighted by atomic mass is 9.77. The Balaban J connectivity index is 1.55. The molecular weight excluding hydrogens is 472 g/mol. The van der Waals surface area contributed by atoms with Gasteiger partial charge in [-0.05, 0) is 84.7 Å². The molecule has 1 aliphatic carbocycles. The van der Waals surface area contributed by atoms with E-state index in [0.717, 1.165) is 84.8 Å². The quantitative estimate of drug-likeness (QED) is 0.290. The van der Waals surface area contributed by atoms with Crippen LogP contribution in [-0.2, 0) is 4.74 Å². The van der Waals surface area contributed by atoms with E-state index in [1.807, 2.05) is 24.3 Å². The van der Waals surface area contributed by atoms with E-state index in [9.17, 15) is 5.26 Å². The molecule has 2 aromatic rings. The number of hydrogen-bond donors (Lipinski definition) is 1. The average Bonchev–Trinajstić information content (AvgIpc) is 2.94. The van der Waals surface area contributed by atoms with Crippen molar-refractivity contribution in [2.45, 2.75) is 77.6 Å². The van der Waals surface area contributed by atoms with Crippen LogP contribution in [0.2, 0.25) is 0 Å². The van der Waals surface area contributed by atoms with Gasteiger partial charge in [-0.15, -0.1) is 0 Å². The second-order valence-corrected chi connectivity index (χ2v) is 10.1. The van der Waals surface area contributed by atoms with Crippen molar-refractivity contribution in [1.82, 2.24) is 0 Å². The number of nitriles is 1. The smallest absolute Gasteiger partial charge is 0.205 e. The lowest BCUT2D eigenvalue weighted by Gasteiger charge is -2.33. The van der Waals surface area contributed by atoms with E-state index in [1.165, 1.54) is 25.7 Å². The van der Waals surface area contributed by atoms with Gasteiger partial charge in [0.25, 0.3) is 0 Å². The maximum absolute atomic E-state index is 9.98. The van der Waals surface area contributed by atoms with Gasteiger partial charge in [-0.25, -0.2) is 0 Å². The van der Waals surface area contributed by atoms with Crippen LogP contribution in [0.4, 0.5) is 0 Å². The monoisotopic (exact) mass is 512 g/mol. The average molecular weight is 513 g/mol. The van der Waals surface area contributed by atoms with Gasteiger partial charge in [0.05, 0.1) is 13.2 Å². The Labute approximate surface area is 227 Å². The summed E-state index contributed by atoms with van der Waals surface area (Å²) in [6, 6.07) is 18.6. The summed E-state index contributed by atoms with van der Waals surface area (Å²) in [5.41, 5.74) is 11.2. The van der Waals surface area contributed by atoms with Gasteiger partial charge in [0.15, 0.2) is 0 Å². The maximum atomic E-state index is 9.98. The minimum Gasteiger partial charge on any atom is -0.494 e. The largest absolute Gasteiger partial charge is 0.494 e. The lowest BCUT2D eigenvalue weighted by Crippen LogP contribution is -2.23. The van der Waals surface area contributed by atoms with Crippen LogP contribution in [0.25, 0.3) is 6.08 Å². The molecule has 0 saturated heterocycles. The van der Waals surface area contributed by atoms with Crippen LogP contribution in [0.1, 0.15) is 88.7 Å². The molecule has 0 spiro atoms. The molecule has 4 rings (SSSR count). The fourth-order valence-corrected chi connectivity index (χ4v) is 5.12. The van der Waals surface area contributed by atoms with Crippen LogP contribution in [0.3, 0.4) is 0 Å². The SMILES string of the molecule is CCCCCOc1ccc(/C=C2\CCCC3=C2OC(N)=C(C#N)[C@@H]3c2ccc(OCCCCC)cc2)cc1. The third kappa shape index (κ3) is 6.81. The molecule has 1 heterocycles. The molecule has 0 fully saturated rings. The molecule has 5 heteroatoms. The van der Waals surface area contributed by atoms with Gasteiger partial charge in [-0.3, -0.25) is 0 Å². The summed E-state index contributed by atoms with van der Waals surface area (Å²) >= 11 is 0. The van der Waals surface area contributed by atoms with Crippen LogP contribution < -0.4 is 15.2 Å². The molecule has 5 nitrogen and oxygen atoms in total. The summed E-state index contributed by atoms with van der Waals surface area (Å²) in [6.45, 7) is 5.84. The van der Waals surface area contributed by atoms with Crippen molar-refractivity contribution in [3.8, 4) is 17.6 Å². The molecule has 0 radical (unpaired) electrons. The summed E-state index contributed by atoms with van der Waals surface area (Å²) < 4.78 is 17.9. The second-order valence-electron chi connectivity index (χ2n) is 10.1. The van der Waals surface area contributed by atoms with Crippen LogP contribution in [0, 0.1) is 11.3 Å². The van der Waals surface area contributed by atoms with E-state index in [4.69, 9.17) is 19.9 Å². The molecule has 2 aromatic carbocycles. The van der Waals surface area contributed by atoms with Crippen molar-refractivity contribution < 1.29 is 14.2 Å². The van der Waals surface area contributed by atoms with Crippen molar-refractivity contribution in [2.75, 3.05) is 13.2 Å². The number of hydrogen-bond acceptors (Lipinski definition) is 5. The first-order valence-corrected chi connectivity index (χ1v) is 14.1. The first-order valence-electron chi connectivity index (χ1n) is 14.1. The fourth-order valence-electron chi connectivity index (χ4n) is 5.12. The Kier molecular flexibility index (Phi) is 9.92. The Bertz CT molecular complexity index is 1200. The van der Waals surface area contributed by atoms with Crippen molar-refractivity contribution >= 4 is 6.08 Å². The van der Waals surface area contributed by atoms with E-state index in [0.29, 0.717) is 5.57 Å². The van der Waals surface area contributed by atoms with Crippen LogP contribution >= 0.6 is 0 Å². The van der Waals surface area contributed by atoms with Gasteiger partial charge < -0.3 is 19.9 Å². The van der Waals surface area contributed by atoms with Gasteiger partial charge in [-0.2, -0.15) is 5.26 Å². The number of benzene rings is 2. The van der Waals surface area contributed by atoms with Gasteiger partial charge in [0.2, 0.25) is 5.88 Å². The Morgan fingerprint density at radius 2 is 1.50 bits per heavy atom. The van der Waals surface area contributed by atoms with E-state index < -0.39 is 0 Å². The minimum atomic E-state index is -0.208. The summed E-state index contributed by atoms with van der Waals surface area (Å²) in [5, 5.41) is 9.98. The second kappa shape index (κ2) is 13.8. The van der Waals surface area contributed by atoms with Crippen molar-refractivity contribution in [1.29, 1.82) is 5.26 Å². The number of ether oxygens (including phenoxy) is 3. The van der Waals surface area contributed by atoms with Crippen LogP contribution in [-0.4, -0.2) is 13.2 Å². The number of rotatable bonds is 12. The number of nitrogens with two attached hydrogens (primary N) is 1. The number of allylic oxidation sites excluding steroid dienone is 3. The van der Waals surface area contributed by atoms with Crippen molar-refractivity contribution in [2.24, 2.45) is 5.73 Å². The highest BCUT2D eigenvalue weighted by molar-refractivity contribution is 5.62. The predicted octanol–water partition coefficient (Wildman–Crippen LogP) is 8.15. The van der Waals surface area contributed by atoms with Gasteiger partial charge in [0, 0.05) is 5.92 Å².